The molecule has 1 saturated heterocycles. The van der Waals surface area contributed by atoms with Gasteiger partial charge in [-0.05, 0) is 43.3 Å². The molecule has 3 aromatic rings. The quantitative estimate of drug-likeness (QED) is 0.365. The lowest BCUT2D eigenvalue weighted by Gasteiger charge is -2.28. The van der Waals surface area contributed by atoms with Gasteiger partial charge in [0.1, 0.15) is 17.6 Å². The first-order valence-corrected chi connectivity index (χ1v) is 9.19. The van der Waals surface area contributed by atoms with Gasteiger partial charge in [0.25, 0.3) is 6.47 Å². The molecular formula is C19H19F4N5O3. The van der Waals surface area contributed by atoms with E-state index >= 15 is 0 Å². The highest BCUT2D eigenvalue weighted by Crippen LogP contribution is 2.37. The first-order chi connectivity index (χ1) is 14.8. The highest BCUT2D eigenvalue weighted by Gasteiger charge is 2.31. The van der Waals surface area contributed by atoms with Gasteiger partial charge in [-0.3, -0.25) is 9.20 Å². The first kappa shape index (κ1) is 22.3. The van der Waals surface area contributed by atoms with Gasteiger partial charge >= 0.3 is 6.18 Å². The number of nitrogens with zero attached hydrogens (tertiary/aromatic N) is 3. The minimum Gasteiger partial charge on any atom is -0.507 e. The summed E-state index contributed by atoms with van der Waals surface area (Å²) in [5.41, 5.74) is -0.0873. The molecule has 1 aromatic carbocycles. The van der Waals surface area contributed by atoms with Crippen molar-refractivity contribution in [3.63, 3.8) is 0 Å². The van der Waals surface area contributed by atoms with Crippen molar-refractivity contribution in [2.24, 2.45) is 0 Å². The average Bonchev–Trinajstić information content (AvgIpc) is 3.20. The maximum Gasteiger partial charge on any atom is 0.416 e. The summed E-state index contributed by atoms with van der Waals surface area (Å²) in [4.78, 5) is 8.36. The van der Waals surface area contributed by atoms with Crippen LogP contribution in [0.4, 0.5) is 23.5 Å². The number of piperidine rings is 1. The van der Waals surface area contributed by atoms with E-state index in [0.29, 0.717) is 37.0 Å². The number of fused-ring (bicyclic) bond motifs is 1. The summed E-state index contributed by atoms with van der Waals surface area (Å²) in [6.45, 7) is 0.795. The van der Waals surface area contributed by atoms with Crippen molar-refractivity contribution in [3.8, 4) is 17.0 Å². The van der Waals surface area contributed by atoms with E-state index in [2.05, 4.69) is 20.8 Å². The second kappa shape index (κ2) is 9.16. The molecule has 0 radical (unpaired) electrons. The minimum absolute atomic E-state index is 0.124. The second-order valence-corrected chi connectivity index (χ2v) is 6.73. The van der Waals surface area contributed by atoms with Gasteiger partial charge in [0.2, 0.25) is 5.95 Å². The van der Waals surface area contributed by atoms with Crippen LogP contribution in [0.25, 0.3) is 16.8 Å². The molecule has 0 aliphatic carbocycles. The number of aromatic nitrogens is 3. The van der Waals surface area contributed by atoms with Crippen LogP contribution in [0.3, 0.4) is 0 Å². The molecule has 4 N–H and O–H groups in total. The number of aromatic hydroxyl groups is 1. The molecule has 2 aromatic heterocycles. The smallest absolute Gasteiger partial charge is 0.416 e. The Labute approximate surface area is 173 Å². The van der Waals surface area contributed by atoms with Crippen LogP contribution in [0.2, 0.25) is 0 Å². The number of carboxylic acid groups (broad SMARTS) is 1. The summed E-state index contributed by atoms with van der Waals surface area (Å²) in [5.74, 6) is -0.236. The molecule has 3 heterocycles. The molecule has 12 heteroatoms. The number of alkyl halides is 4. The van der Waals surface area contributed by atoms with E-state index in [1.165, 1.54) is 0 Å². The maximum atomic E-state index is 14.1. The van der Waals surface area contributed by atoms with Crippen molar-refractivity contribution < 1.29 is 32.6 Å². The lowest BCUT2D eigenvalue weighted by atomic mass is 10.1. The van der Waals surface area contributed by atoms with Gasteiger partial charge in [0.05, 0.1) is 17.1 Å². The van der Waals surface area contributed by atoms with Crippen molar-refractivity contribution in [3.05, 3.63) is 42.1 Å². The molecule has 0 spiro atoms. The Morgan fingerprint density at radius 3 is 2.65 bits per heavy atom. The molecule has 1 fully saturated rings. The fourth-order valence-corrected chi connectivity index (χ4v) is 3.29. The molecule has 8 nitrogen and oxygen atoms in total. The third-order valence-electron chi connectivity index (χ3n) is 4.76. The number of hydrogen-bond acceptors (Lipinski definition) is 6. The van der Waals surface area contributed by atoms with Gasteiger partial charge in [0, 0.05) is 18.3 Å². The lowest BCUT2D eigenvalue weighted by molar-refractivity contribution is -0.137. The van der Waals surface area contributed by atoms with Crippen LogP contribution < -0.4 is 10.6 Å². The summed E-state index contributed by atoms with van der Waals surface area (Å²) in [6, 6.07) is 5.62. The van der Waals surface area contributed by atoms with E-state index in [-0.39, 0.29) is 17.7 Å². The molecule has 31 heavy (non-hydrogen) atoms. The largest absolute Gasteiger partial charge is 0.507 e. The summed E-state index contributed by atoms with van der Waals surface area (Å²) in [7, 11) is 0. The third kappa shape index (κ3) is 4.85. The van der Waals surface area contributed by atoms with Crippen LogP contribution in [-0.2, 0) is 11.0 Å². The zero-order valence-electron chi connectivity index (χ0n) is 16.0. The number of phenolic OH excluding ortho intramolecular Hbond substituents is 1. The van der Waals surface area contributed by atoms with Crippen molar-refractivity contribution >= 4 is 17.9 Å². The van der Waals surface area contributed by atoms with Gasteiger partial charge in [-0.2, -0.15) is 13.2 Å². The normalized spacial score (nSPS) is 18.8. The highest BCUT2D eigenvalue weighted by atomic mass is 19.4. The summed E-state index contributed by atoms with van der Waals surface area (Å²) in [5, 5.41) is 31.3. The lowest BCUT2D eigenvalue weighted by Crippen LogP contribution is -2.46. The topological polar surface area (TPSA) is 112 Å². The van der Waals surface area contributed by atoms with E-state index < -0.39 is 29.7 Å². The van der Waals surface area contributed by atoms with Crippen LogP contribution in [-0.4, -0.2) is 56.6 Å². The summed E-state index contributed by atoms with van der Waals surface area (Å²) >= 11 is 0. The standard InChI is InChI=1S/C18H17F4N5O.CH2O2/c19-12-5-6-23-9-13(12)24-17-26-25-16(14-2-1-7-27(14)17)11-4-3-10(8-15(11)28)18(20,21)22;2-1-3/h1-4,7-8,12-13,23,28H,5-6,9H2,(H,24,26);1H,(H,2,3)/t12-,13+;/m1./s1. The number of phenols is 1. The fraction of sp³-hybridized carbons (Fsp3) is 0.316. The van der Waals surface area contributed by atoms with E-state index in [0.717, 1.165) is 12.1 Å². The number of anilines is 1. The molecule has 1 aliphatic heterocycles. The number of benzene rings is 1. The Hall–Kier alpha value is -3.41. The van der Waals surface area contributed by atoms with Gasteiger partial charge in [0.15, 0.2) is 0 Å². The fourth-order valence-electron chi connectivity index (χ4n) is 3.29. The summed E-state index contributed by atoms with van der Waals surface area (Å²) < 4.78 is 54.2. The van der Waals surface area contributed by atoms with Crippen LogP contribution in [0.5, 0.6) is 5.75 Å². The molecule has 0 saturated carbocycles. The SMILES string of the molecule is O=CO.Oc1cc(C(F)(F)F)ccc1-c1nnc(N[C@H]2CNCC[C@H]2F)n2cccc12. The van der Waals surface area contributed by atoms with Crippen molar-refractivity contribution in [2.75, 3.05) is 18.4 Å². The molecule has 0 bridgehead atoms. The second-order valence-electron chi connectivity index (χ2n) is 6.73. The number of hydrogen-bond donors (Lipinski definition) is 4. The predicted octanol–water partition coefficient (Wildman–Crippen LogP) is 2.93. The molecular weight excluding hydrogens is 422 g/mol. The van der Waals surface area contributed by atoms with Gasteiger partial charge in [-0.25, -0.2) is 4.39 Å². The molecule has 0 amide bonds. The molecule has 166 valence electrons. The van der Waals surface area contributed by atoms with E-state index in [9.17, 15) is 22.7 Å². The van der Waals surface area contributed by atoms with Crippen molar-refractivity contribution in [1.82, 2.24) is 19.9 Å². The Bertz CT molecular complexity index is 1060. The summed E-state index contributed by atoms with van der Waals surface area (Å²) in [6.07, 6.45) is -3.53. The Morgan fingerprint density at radius 2 is 2.00 bits per heavy atom. The molecule has 2 atom stereocenters. The molecule has 1 aliphatic rings. The van der Waals surface area contributed by atoms with Crippen LogP contribution in [0.15, 0.2) is 36.5 Å². The number of halogens is 4. The van der Waals surface area contributed by atoms with Crippen molar-refractivity contribution in [1.29, 1.82) is 0 Å². The average molecular weight is 441 g/mol. The first-order valence-electron chi connectivity index (χ1n) is 9.19. The zero-order valence-corrected chi connectivity index (χ0v) is 16.0. The minimum atomic E-state index is -4.56. The van der Waals surface area contributed by atoms with Gasteiger partial charge < -0.3 is 20.8 Å². The predicted molar refractivity (Wildman–Crippen MR) is 104 cm³/mol. The van der Waals surface area contributed by atoms with Crippen molar-refractivity contribution in [2.45, 2.75) is 24.8 Å². The molecule has 4 rings (SSSR count). The maximum absolute atomic E-state index is 14.1. The Balaban J connectivity index is 0.000000858. The van der Waals surface area contributed by atoms with Gasteiger partial charge in [-0.15, -0.1) is 10.2 Å². The van der Waals surface area contributed by atoms with Crippen LogP contribution >= 0.6 is 0 Å². The van der Waals surface area contributed by atoms with E-state index in [1.807, 2.05) is 0 Å². The molecule has 0 unspecified atom stereocenters. The number of carbonyl (C=O) groups is 1. The Morgan fingerprint density at radius 1 is 1.26 bits per heavy atom. The number of nitrogens with one attached hydrogen (secondary N) is 2. The number of rotatable bonds is 3. The van der Waals surface area contributed by atoms with E-state index in [4.69, 9.17) is 9.90 Å². The highest BCUT2D eigenvalue weighted by molar-refractivity contribution is 5.81. The zero-order chi connectivity index (χ0) is 22.6. The van der Waals surface area contributed by atoms with Crippen LogP contribution in [0, 0.1) is 0 Å². The monoisotopic (exact) mass is 441 g/mol. The Kier molecular flexibility index (Phi) is 6.59. The van der Waals surface area contributed by atoms with Crippen LogP contribution in [0.1, 0.15) is 12.0 Å². The third-order valence-corrected chi connectivity index (χ3v) is 4.76. The van der Waals surface area contributed by atoms with E-state index in [1.54, 1.807) is 22.7 Å². The van der Waals surface area contributed by atoms with Gasteiger partial charge in [-0.1, -0.05) is 0 Å².